The molecule has 0 bridgehead atoms. The minimum absolute atomic E-state index is 0.460. The van der Waals surface area contributed by atoms with Crippen molar-refractivity contribution in [2.24, 2.45) is 5.73 Å². The molecule has 1 aliphatic rings. The highest BCUT2D eigenvalue weighted by Crippen LogP contribution is 2.20. The maximum absolute atomic E-state index is 10.9. The molecule has 0 saturated carbocycles. The van der Waals surface area contributed by atoms with Gasteiger partial charge in [0.05, 0.1) is 23.4 Å². The topological polar surface area (TPSA) is 150 Å². The average molecular weight is 378 g/mol. The number of rotatable bonds is 4. The zero-order valence-corrected chi connectivity index (χ0v) is 15.5. The first-order chi connectivity index (χ1) is 12.7. The Hall–Kier alpha value is -2.45. The molecule has 27 heavy (non-hydrogen) atoms. The molecule has 1 fully saturated rings. The maximum atomic E-state index is 10.9. The summed E-state index contributed by atoms with van der Waals surface area (Å²) >= 11 is 0. The van der Waals surface area contributed by atoms with Gasteiger partial charge in [0.2, 0.25) is 0 Å². The lowest BCUT2D eigenvalue weighted by Crippen LogP contribution is -2.60. The van der Waals surface area contributed by atoms with E-state index in [9.17, 15) is 9.90 Å². The third kappa shape index (κ3) is 10.3. The van der Waals surface area contributed by atoms with Crippen molar-refractivity contribution >= 4 is 17.9 Å². The number of piperidine rings is 1. The minimum Gasteiger partial charge on any atom is -0.548 e. The van der Waals surface area contributed by atoms with Crippen LogP contribution in [0.15, 0.2) is 30.3 Å². The van der Waals surface area contributed by atoms with E-state index in [0.717, 1.165) is 13.0 Å². The minimum atomic E-state index is -2.19. The number of carbonyl (C=O) groups is 3. The zero-order chi connectivity index (χ0) is 20.9. The summed E-state index contributed by atoms with van der Waals surface area (Å²) in [5.41, 5.74) is 5.88. The number of hydrogen-bond acceptors (Lipinski definition) is 8. The molecule has 1 aromatic rings. The van der Waals surface area contributed by atoms with E-state index in [4.69, 9.17) is 25.5 Å². The molecule has 8 nitrogen and oxygen atoms in total. The highest BCUT2D eigenvalue weighted by molar-refractivity contribution is 6.25. The Labute approximate surface area is 159 Å². The summed E-state index contributed by atoms with van der Waals surface area (Å²) in [7, 11) is 0. The number of carbonyl (C=O) groups excluding carboxylic acids is 3. The Morgan fingerprint density at radius 2 is 1.52 bits per heavy atom. The summed E-state index contributed by atoms with van der Waals surface area (Å²) in [6.45, 7) is 7.99. The predicted molar refractivity (Wildman–Crippen MR) is 93.2 cm³/mol. The lowest BCUT2D eigenvalue weighted by atomic mass is 9.88. The van der Waals surface area contributed by atoms with Crippen molar-refractivity contribution in [3.8, 4) is 0 Å². The fourth-order valence-corrected chi connectivity index (χ4v) is 2.16. The van der Waals surface area contributed by atoms with Crippen LogP contribution in [-0.2, 0) is 20.9 Å². The summed E-state index contributed by atoms with van der Waals surface area (Å²) < 4.78 is 0. The van der Waals surface area contributed by atoms with E-state index in [1.165, 1.54) is 12.0 Å². The summed E-state index contributed by atoms with van der Waals surface area (Å²) in [6, 6.07) is 10.1. The normalized spacial score (nSPS) is 15.4. The van der Waals surface area contributed by atoms with Gasteiger partial charge in [-0.25, -0.2) is 0 Å². The van der Waals surface area contributed by atoms with Gasteiger partial charge >= 0.3 is 0 Å². The smallest absolute Gasteiger partial charge is 0.0870 e. The van der Waals surface area contributed by atoms with Crippen LogP contribution < -0.4 is 21.1 Å². The fourth-order valence-electron chi connectivity index (χ4n) is 2.16. The molecule has 0 amide bonds. The van der Waals surface area contributed by atoms with E-state index in [0.29, 0.717) is 25.9 Å². The molecule has 0 aliphatic carbocycles. The molecular weight excluding hydrogens is 352 g/mol. The molecule has 1 aromatic carbocycles. The molecule has 0 unspecified atom stereocenters. The van der Waals surface area contributed by atoms with Crippen LogP contribution in [-0.4, -0.2) is 41.4 Å². The van der Waals surface area contributed by atoms with E-state index in [2.05, 4.69) is 30.9 Å². The number of likely N-dealkylation sites (tertiary alicyclic amines) is 1. The number of benzene rings is 1. The van der Waals surface area contributed by atoms with Crippen LogP contribution in [0, 0.1) is 6.92 Å². The highest BCUT2D eigenvalue weighted by Gasteiger charge is 2.31. The van der Waals surface area contributed by atoms with E-state index in [1.807, 2.05) is 18.2 Å². The Morgan fingerprint density at radius 3 is 1.85 bits per heavy atom. The van der Waals surface area contributed by atoms with E-state index in [1.54, 1.807) is 0 Å². The lowest BCUT2D eigenvalue weighted by Gasteiger charge is -2.39. The monoisotopic (exact) mass is 378 g/mol. The van der Waals surface area contributed by atoms with E-state index >= 15 is 0 Å². The van der Waals surface area contributed by atoms with Gasteiger partial charge in [-0.15, -0.1) is 0 Å². The largest absolute Gasteiger partial charge is 0.548 e. The van der Waals surface area contributed by atoms with Crippen molar-refractivity contribution in [1.29, 1.82) is 0 Å². The molecule has 0 spiro atoms. The molecule has 8 heteroatoms. The van der Waals surface area contributed by atoms with Gasteiger partial charge in [0, 0.05) is 19.6 Å². The third-order valence-corrected chi connectivity index (χ3v) is 3.92. The summed E-state index contributed by atoms with van der Waals surface area (Å²) in [5.74, 6) is -5.50. The van der Waals surface area contributed by atoms with Gasteiger partial charge in [0.15, 0.2) is 0 Å². The van der Waals surface area contributed by atoms with Gasteiger partial charge in [0.25, 0.3) is 0 Å². The van der Waals surface area contributed by atoms with Crippen molar-refractivity contribution in [3.63, 3.8) is 0 Å². The number of hydrogen-bond donors (Lipinski definition) is 1. The van der Waals surface area contributed by atoms with Gasteiger partial charge in [-0.1, -0.05) is 57.0 Å². The summed E-state index contributed by atoms with van der Waals surface area (Å²) in [4.78, 5) is 31.0. The van der Waals surface area contributed by atoms with Gasteiger partial charge in [-0.3, -0.25) is 4.90 Å². The Bertz CT molecular complexity index is 569. The fraction of sp³-hybridized carbons (Fsp3) is 0.474. The molecule has 1 radical (unpaired) electrons. The van der Waals surface area contributed by atoms with Crippen LogP contribution in [0.4, 0.5) is 0 Å². The first-order valence-corrected chi connectivity index (χ1v) is 8.64. The second-order valence-corrected chi connectivity index (χ2v) is 6.13. The molecule has 151 valence electrons. The van der Waals surface area contributed by atoms with Gasteiger partial charge in [-0.05, 0) is 18.4 Å². The zero-order valence-electron chi connectivity index (χ0n) is 15.5. The lowest BCUT2D eigenvalue weighted by molar-refractivity contribution is -0.345. The highest BCUT2D eigenvalue weighted by atomic mass is 16.4. The first kappa shape index (κ1) is 24.6. The number of unbranched alkanes of at least 4 members (excludes halogenated alkanes) is 1. The van der Waals surface area contributed by atoms with Crippen LogP contribution in [0.25, 0.3) is 0 Å². The summed E-state index contributed by atoms with van der Waals surface area (Å²) in [5, 5.41) is 28.7. The molecule has 1 heterocycles. The molecule has 2 N–H and O–H groups in total. The average Bonchev–Trinajstić information content (AvgIpc) is 2.65. The van der Waals surface area contributed by atoms with Crippen molar-refractivity contribution < 1.29 is 29.7 Å². The van der Waals surface area contributed by atoms with Crippen molar-refractivity contribution in [1.82, 2.24) is 4.90 Å². The van der Waals surface area contributed by atoms with Crippen LogP contribution >= 0.6 is 0 Å². The van der Waals surface area contributed by atoms with Crippen LogP contribution in [0.5, 0.6) is 0 Å². The van der Waals surface area contributed by atoms with Gasteiger partial charge in [0.1, 0.15) is 0 Å². The molecule has 0 aromatic heterocycles. The van der Waals surface area contributed by atoms with Crippen LogP contribution in [0.1, 0.15) is 38.2 Å². The number of nitrogens with two attached hydrogens (primary N) is 1. The molecule has 1 saturated heterocycles. The second kappa shape index (κ2) is 12.8. The quantitative estimate of drug-likeness (QED) is 0.582. The van der Waals surface area contributed by atoms with Crippen LogP contribution in [0.3, 0.4) is 0 Å². The van der Waals surface area contributed by atoms with Gasteiger partial charge in [-0.2, -0.15) is 0 Å². The standard InChI is InChI=1S/C13H18N2O2.C4H9.C2H2O4/c14-13(12(16)17)6-8-15(9-7-13)10-11-4-2-1-3-5-11;1-3-4-2;3-1(4)2(5)6/h1-5H,6-10,14H2,(H,16,17);1,3-4H2,2H3;(H,3,4)(H,5,6)/p-3. The predicted octanol–water partition coefficient (Wildman–Crippen LogP) is -2.16. The third-order valence-electron chi connectivity index (χ3n) is 3.92. The summed E-state index contributed by atoms with van der Waals surface area (Å²) in [6.07, 6.45) is 3.20. The second-order valence-electron chi connectivity index (χ2n) is 6.13. The number of carboxylic acid groups (broad SMARTS) is 3. The van der Waals surface area contributed by atoms with Crippen molar-refractivity contribution in [2.45, 2.75) is 44.7 Å². The van der Waals surface area contributed by atoms with Crippen molar-refractivity contribution in [3.05, 3.63) is 42.8 Å². The molecular formula is C19H26N2O6-3. The number of aliphatic carboxylic acids is 3. The SMILES string of the molecule is NC1(C(=O)[O-])CCN(Cc2ccccc2)CC1.O=C([O-])C(=O)[O-].[CH2]CCC. The molecule has 2 rings (SSSR count). The van der Waals surface area contributed by atoms with Gasteiger partial charge < -0.3 is 35.4 Å². The van der Waals surface area contributed by atoms with Crippen LogP contribution in [0.2, 0.25) is 0 Å². The number of nitrogens with zero attached hydrogens (tertiary/aromatic N) is 1. The Morgan fingerprint density at radius 1 is 1.07 bits per heavy atom. The first-order valence-electron chi connectivity index (χ1n) is 8.64. The van der Waals surface area contributed by atoms with E-state index < -0.39 is 23.4 Å². The Balaban J connectivity index is 0.000000564. The molecule has 0 atom stereocenters. The molecule has 1 aliphatic heterocycles. The Kier molecular flexibility index (Phi) is 11.7. The van der Waals surface area contributed by atoms with Crippen molar-refractivity contribution in [2.75, 3.05) is 13.1 Å². The number of carboxylic acids is 3. The maximum Gasteiger partial charge on any atom is 0.0870 e. The van der Waals surface area contributed by atoms with E-state index in [-0.39, 0.29) is 0 Å².